The number of benzene rings is 1. The van der Waals surface area contributed by atoms with Gasteiger partial charge in [-0.1, -0.05) is 17.7 Å². The lowest BCUT2D eigenvalue weighted by Crippen LogP contribution is -2.28. The van der Waals surface area contributed by atoms with Crippen molar-refractivity contribution in [3.8, 4) is 0 Å². The molecule has 2 amide bonds. The Hall–Kier alpha value is -1.92. The Kier molecular flexibility index (Phi) is 4.93. The normalized spacial score (nSPS) is 16.0. The molecule has 0 bridgehead atoms. The molecule has 0 radical (unpaired) electrons. The summed E-state index contributed by atoms with van der Waals surface area (Å²) in [4.78, 5) is 27.8. The third-order valence-electron chi connectivity index (χ3n) is 3.78. The Morgan fingerprint density at radius 2 is 2.13 bits per heavy atom. The molecule has 2 N–H and O–H groups in total. The largest absolute Gasteiger partial charge is 0.349 e. The van der Waals surface area contributed by atoms with Gasteiger partial charge in [-0.25, -0.2) is 4.98 Å². The zero-order valence-electron chi connectivity index (χ0n) is 12.3. The SMILES string of the molecule is O=C(CCC(=O)N[C@@H]1CCc2cc(Cl)ccc21)Nc1nccs1. The van der Waals surface area contributed by atoms with Gasteiger partial charge in [0, 0.05) is 29.4 Å². The second-order valence-electron chi connectivity index (χ2n) is 5.39. The van der Waals surface area contributed by atoms with Crippen molar-refractivity contribution in [1.82, 2.24) is 10.3 Å². The highest BCUT2D eigenvalue weighted by molar-refractivity contribution is 7.13. The minimum atomic E-state index is -0.200. The first-order valence-corrected chi connectivity index (χ1v) is 8.64. The molecule has 1 aromatic heterocycles. The number of halogens is 1. The second kappa shape index (κ2) is 7.10. The van der Waals surface area contributed by atoms with Crippen LogP contribution in [0.15, 0.2) is 29.8 Å². The number of carbonyl (C=O) groups is 2. The molecule has 1 atom stereocenters. The topological polar surface area (TPSA) is 71.1 Å². The first kappa shape index (κ1) is 16.0. The second-order valence-corrected chi connectivity index (χ2v) is 6.72. The molecule has 0 saturated carbocycles. The van der Waals surface area contributed by atoms with Crippen molar-refractivity contribution < 1.29 is 9.59 Å². The molecule has 3 rings (SSSR count). The van der Waals surface area contributed by atoms with E-state index in [4.69, 9.17) is 11.6 Å². The van der Waals surface area contributed by atoms with E-state index >= 15 is 0 Å². The summed E-state index contributed by atoms with van der Waals surface area (Å²) >= 11 is 7.33. The molecule has 1 heterocycles. The quantitative estimate of drug-likeness (QED) is 0.869. The van der Waals surface area contributed by atoms with Crippen LogP contribution in [-0.4, -0.2) is 16.8 Å². The number of aromatic nitrogens is 1. The summed E-state index contributed by atoms with van der Waals surface area (Å²) in [7, 11) is 0. The predicted octanol–water partition coefficient (Wildman–Crippen LogP) is 3.32. The van der Waals surface area contributed by atoms with Crippen LogP contribution in [0.25, 0.3) is 0 Å². The Balaban J connectivity index is 1.48. The average molecular weight is 350 g/mol. The van der Waals surface area contributed by atoms with Gasteiger partial charge >= 0.3 is 0 Å². The standard InChI is InChI=1S/C16H16ClN3O2S/c17-11-2-3-12-10(9-11)1-4-13(12)19-14(21)5-6-15(22)20-16-18-7-8-23-16/h2-3,7-9,13H,1,4-6H2,(H,19,21)(H,18,20,22)/t13-/m1/s1. The van der Waals surface area contributed by atoms with Gasteiger partial charge in [-0.15, -0.1) is 11.3 Å². The summed E-state index contributed by atoms with van der Waals surface area (Å²) in [5.74, 6) is -0.319. The Morgan fingerprint density at radius 1 is 1.30 bits per heavy atom. The van der Waals surface area contributed by atoms with E-state index in [-0.39, 0.29) is 30.7 Å². The number of nitrogens with one attached hydrogen (secondary N) is 2. The molecule has 7 heteroatoms. The number of carbonyl (C=O) groups excluding carboxylic acids is 2. The number of thiazole rings is 1. The van der Waals surface area contributed by atoms with Gasteiger partial charge in [0.15, 0.2) is 5.13 Å². The van der Waals surface area contributed by atoms with Crippen LogP contribution in [0.1, 0.15) is 36.4 Å². The van der Waals surface area contributed by atoms with Crippen LogP contribution >= 0.6 is 22.9 Å². The minimum Gasteiger partial charge on any atom is -0.349 e. The summed E-state index contributed by atoms with van der Waals surface area (Å²) in [6.07, 6.45) is 3.71. The third-order valence-corrected chi connectivity index (χ3v) is 4.70. The summed E-state index contributed by atoms with van der Waals surface area (Å²) in [5.41, 5.74) is 2.30. The van der Waals surface area contributed by atoms with Gasteiger partial charge in [-0.3, -0.25) is 9.59 Å². The minimum absolute atomic E-state index is 0.0109. The molecule has 1 aliphatic carbocycles. The number of aryl methyl sites for hydroxylation is 1. The molecule has 23 heavy (non-hydrogen) atoms. The van der Waals surface area contributed by atoms with Crippen LogP contribution in [0, 0.1) is 0 Å². The summed E-state index contributed by atoms with van der Waals surface area (Å²) in [6.45, 7) is 0. The van der Waals surface area contributed by atoms with E-state index in [1.54, 1.807) is 11.6 Å². The van der Waals surface area contributed by atoms with Gasteiger partial charge in [-0.2, -0.15) is 0 Å². The van der Waals surface area contributed by atoms with Gasteiger partial charge in [0.25, 0.3) is 0 Å². The van der Waals surface area contributed by atoms with Gasteiger partial charge in [0.2, 0.25) is 11.8 Å². The summed E-state index contributed by atoms with van der Waals surface area (Å²) < 4.78 is 0. The monoisotopic (exact) mass is 349 g/mol. The van der Waals surface area contributed by atoms with Crippen molar-refractivity contribution in [2.75, 3.05) is 5.32 Å². The van der Waals surface area contributed by atoms with E-state index < -0.39 is 0 Å². The molecule has 0 spiro atoms. The fourth-order valence-corrected chi connectivity index (χ4v) is 3.44. The molecular formula is C16H16ClN3O2S. The van der Waals surface area contributed by atoms with Crippen molar-refractivity contribution in [3.63, 3.8) is 0 Å². The first-order valence-electron chi connectivity index (χ1n) is 7.39. The fraction of sp³-hybridized carbons (Fsp3) is 0.312. The number of fused-ring (bicyclic) bond motifs is 1. The fourth-order valence-electron chi connectivity index (χ4n) is 2.70. The lowest BCUT2D eigenvalue weighted by molar-refractivity contribution is -0.124. The van der Waals surface area contributed by atoms with Crippen LogP contribution in [0.2, 0.25) is 5.02 Å². The Labute approximate surface area is 143 Å². The highest BCUT2D eigenvalue weighted by Crippen LogP contribution is 2.32. The van der Waals surface area contributed by atoms with Crippen molar-refractivity contribution >= 4 is 39.9 Å². The maximum Gasteiger partial charge on any atom is 0.226 e. The molecule has 2 aromatic rings. The van der Waals surface area contributed by atoms with Crippen molar-refractivity contribution in [1.29, 1.82) is 0 Å². The lowest BCUT2D eigenvalue weighted by atomic mass is 10.1. The van der Waals surface area contributed by atoms with E-state index in [0.29, 0.717) is 5.13 Å². The molecule has 0 saturated heterocycles. The molecule has 5 nitrogen and oxygen atoms in total. The first-order chi connectivity index (χ1) is 11.1. The zero-order chi connectivity index (χ0) is 16.2. The number of amides is 2. The van der Waals surface area contributed by atoms with Gasteiger partial charge in [0.1, 0.15) is 0 Å². The summed E-state index contributed by atoms with van der Waals surface area (Å²) in [5, 5.41) is 8.71. The van der Waals surface area contributed by atoms with Crippen LogP contribution < -0.4 is 10.6 Å². The van der Waals surface area contributed by atoms with E-state index in [1.807, 2.05) is 18.2 Å². The molecule has 0 aliphatic heterocycles. The van der Waals surface area contributed by atoms with E-state index in [0.717, 1.165) is 23.4 Å². The van der Waals surface area contributed by atoms with Gasteiger partial charge in [-0.05, 0) is 36.1 Å². The van der Waals surface area contributed by atoms with Crippen molar-refractivity contribution in [3.05, 3.63) is 45.9 Å². The smallest absolute Gasteiger partial charge is 0.226 e. The van der Waals surface area contributed by atoms with Crippen molar-refractivity contribution in [2.24, 2.45) is 0 Å². The molecule has 120 valence electrons. The van der Waals surface area contributed by atoms with Crippen LogP contribution in [0.4, 0.5) is 5.13 Å². The van der Waals surface area contributed by atoms with Crippen LogP contribution in [-0.2, 0) is 16.0 Å². The van der Waals surface area contributed by atoms with Crippen molar-refractivity contribution in [2.45, 2.75) is 31.7 Å². The van der Waals surface area contributed by atoms with E-state index in [2.05, 4.69) is 15.6 Å². The number of hydrogen-bond donors (Lipinski definition) is 2. The zero-order valence-corrected chi connectivity index (χ0v) is 13.9. The lowest BCUT2D eigenvalue weighted by Gasteiger charge is -2.14. The third kappa shape index (κ3) is 4.09. The molecular weight excluding hydrogens is 334 g/mol. The highest BCUT2D eigenvalue weighted by Gasteiger charge is 2.24. The number of anilines is 1. The predicted molar refractivity (Wildman–Crippen MR) is 90.6 cm³/mol. The molecule has 1 aromatic carbocycles. The highest BCUT2D eigenvalue weighted by atomic mass is 35.5. The number of nitrogens with zero attached hydrogens (tertiary/aromatic N) is 1. The van der Waals surface area contributed by atoms with Crippen LogP contribution in [0.3, 0.4) is 0 Å². The maximum atomic E-state index is 12.1. The molecule has 0 fully saturated rings. The number of rotatable bonds is 5. The Bertz CT molecular complexity index is 718. The molecule has 1 aliphatic rings. The molecule has 0 unspecified atom stereocenters. The number of hydrogen-bond acceptors (Lipinski definition) is 4. The maximum absolute atomic E-state index is 12.1. The Morgan fingerprint density at radius 3 is 2.91 bits per heavy atom. The van der Waals surface area contributed by atoms with Gasteiger partial charge in [0.05, 0.1) is 6.04 Å². The average Bonchev–Trinajstić information content (AvgIpc) is 3.15. The van der Waals surface area contributed by atoms with Gasteiger partial charge < -0.3 is 10.6 Å². The van der Waals surface area contributed by atoms with E-state index in [1.165, 1.54) is 16.9 Å². The van der Waals surface area contributed by atoms with E-state index in [9.17, 15) is 9.59 Å². The van der Waals surface area contributed by atoms with Crippen LogP contribution in [0.5, 0.6) is 0 Å². The summed E-state index contributed by atoms with van der Waals surface area (Å²) in [6, 6.07) is 5.76.